The number of nitrogens with zero attached hydrogens (tertiary/aromatic N) is 2. The van der Waals surface area contributed by atoms with Crippen molar-refractivity contribution in [3.05, 3.63) is 65.8 Å². The number of amides is 1. The van der Waals surface area contributed by atoms with Crippen LogP contribution in [0, 0.1) is 5.82 Å². The molecule has 25 heavy (non-hydrogen) atoms. The maximum atomic E-state index is 12.9. The second-order valence-electron chi connectivity index (χ2n) is 5.39. The van der Waals surface area contributed by atoms with Gasteiger partial charge < -0.3 is 14.6 Å². The normalized spacial score (nSPS) is 11.8. The fraction of sp³-hybridized carbons (Fsp3) is 0.167. The highest BCUT2D eigenvalue weighted by Crippen LogP contribution is 2.21. The lowest BCUT2D eigenvalue weighted by molar-refractivity contribution is 0.0932. The zero-order valence-corrected chi connectivity index (χ0v) is 13.7. The van der Waals surface area contributed by atoms with E-state index in [-0.39, 0.29) is 11.8 Å². The van der Waals surface area contributed by atoms with Gasteiger partial charge in [0.15, 0.2) is 0 Å². The van der Waals surface area contributed by atoms with Gasteiger partial charge >= 0.3 is 0 Å². The standard InChI is InChI=1S/C18H16FN3O3/c1-11(20-17(23)13-3-7-14(19)8-4-13)18-21-16(22-25-18)12-5-9-15(24-2)10-6-12/h3-11H,1-2H3,(H,20,23)/t11-/m0/s1. The Morgan fingerprint density at radius 2 is 1.84 bits per heavy atom. The van der Waals surface area contributed by atoms with E-state index in [0.29, 0.717) is 11.4 Å². The summed E-state index contributed by atoms with van der Waals surface area (Å²) in [5, 5.41) is 6.66. The fourth-order valence-corrected chi connectivity index (χ4v) is 2.21. The third kappa shape index (κ3) is 3.82. The largest absolute Gasteiger partial charge is 0.497 e. The molecule has 0 radical (unpaired) electrons. The summed E-state index contributed by atoms with van der Waals surface area (Å²) in [5.74, 6) is 0.677. The Labute approximate surface area is 143 Å². The molecular formula is C18H16FN3O3. The molecule has 0 saturated heterocycles. The van der Waals surface area contributed by atoms with Crippen LogP contribution in [0.2, 0.25) is 0 Å². The molecule has 1 atom stereocenters. The Hall–Kier alpha value is -3.22. The van der Waals surface area contributed by atoms with Gasteiger partial charge in [0.1, 0.15) is 17.6 Å². The molecule has 0 spiro atoms. The van der Waals surface area contributed by atoms with E-state index in [1.807, 2.05) is 12.1 Å². The van der Waals surface area contributed by atoms with Crippen LogP contribution in [0.1, 0.15) is 29.2 Å². The number of nitrogens with one attached hydrogen (secondary N) is 1. The quantitative estimate of drug-likeness (QED) is 0.770. The van der Waals surface area contributed by atoms with Crippen molar-refractivity contribution in [2.45, 2.75) is 13.0 Å². The summed E-state index contributed by atoms with van der Waals surface area (Å²) in [5.41, 5.74) is 1.12. The predicted octanol–water partition coefficient (Wildman–Crippen LogP) is 3.38. The molecule has 3 aromatic rings. The van der Waals surface area contributed by atoms with Gasteiger partial charge in [-0.15, -0.1) is 0 Å². The molecule has 0 aliphatic carbocycles. The highest BCUT2D eigenvalue weighted by molar-refractivity contribution is 5.94. The van der Waals surface area contributed by atoms with Crippen molar-refractivity contribution in [1.82, 2.24) is 15.5 Å². The van der Waals surface area contributed by atoms with E-state index >= 15 is 0 Å². The van der Waals surface area contributed by atoms with Gasteiger partial charge in [-0.2, -0.15) is 4.98 Å². The van der Waals surface area contributed by atoms with Crippen molar-refractivity contribution in [3.63, 3.8) is 0 Å². The maximum Gasteiger partial charge on any atom is 0.251 e. The Morgan fingerprint density at radius 1 is 1.16 bits per heavy atom. The van der Waals surface area contributed by atoms with Crippen LogP contribution in [0.25, 0.3) is 11.4 Å². The van der Waals surface area contributed by atoms with Gasteiger partial charge in [-0.05, 0) is 55.5 Å². The van der Waals surface area contributed by atoms with Gasteiger partial charge in [-0.1, -0.05) is 5.16 Å². The summed E-state index contributed by atoms with van der Waals surface area (Å²) in [6, 6.07) is 12.0. The summed E-state index contributed by atoms with van der Waals surface area (Å²) >= 11 is 0. The number of halogens is 1. The van der Waals surface area contributed by atoms with E-state index in [0.717, 1.165) is 11.3 Å². The number of carbonyl (C=O) groups is 1. The van der Waals surface area contributed by atoms with Crippen LogP contribution < -0.4 is 10.1 Å². The Bertz CT molecular complexity index is 860. The highest BCUT2D eigenvalue weighted by Gasteiger charge is 2.18. The summed E-state index contributed by atoms with van der Waals surface area (Å²) in [4.78, 5) is 16.5. The van der Waals surface area contributed by atoms with Crippen LogP contribution in [0.3, 0.4) is 0 Å². The number of aromatic nitrogens is 2. The summed E-state index contributed by atoms with van der Waals surface area (Å²) < 4.78 is 23.2. The van der Waals surface area contributed by atoms with Crippen molar-refractivity contribution in [2.24, 2.45) is 0 Å². The third-order valence-corrected chi connectivity index (χ3v) is 3.61. The lowest BCUT2D eigenvalue weighted by Crippen LogP contribution is -2.26. The first-order valence-electron chi connectivity index (χ1n) is 7.61. The smallest absolute Gasteiger partial charge is 0.251 e. The summed E-state index contributed by atoms with van der Waals surface area (Å²) in [6.07, 6.45) is 0. The van der Waals surface area contributed by atoms with Crippen molar-refractivity contribution in [2.75, 3.05) is 7.11 Å². The molecule has 1 N–H and O–H groups in total. The molecule has 0 fully saturated rings. The number of hydrogen-bond acceptors (Lipinski definition) is 5. The fourth-order valence-electron chi connectivity index (χ4n) is 2.21. The van der Waals surface area contributed by atoms with Crippen molar-refractivity contribution < 1.29 is 18.4 Å². The minimum absolute atomic E-state index is 0.279. The average Bonchev–Trinajstić information content (AvgIpc) is 3.12. The molecule has 6 nitrogen and oxygen atoms in total. The number of rotatable bonds is 5. The van der Waals surface area contributed by atoms with Gasteiger partial charge in [0, 0.05) is 11.1 Å². The summed E-state index contributed by atoms with van der Waals surface area (Å²) in [7, 11) is 1.59. The van der Waals surface area contributed by atoms with Crippen molar-refractivity contribution in [3.8, 4) is 17.1 Å². The Morgan fingerprint density at radius 3 is 2.48 bits per heavy atom. The first-order valence-corrected chi connectivity index (χ1v) is 7.61. The molecule has 0 saturated carbocycles. The lowest BCUT2D eigenvalue weighted by Gasteiger charge is -2.09. The predicted molar refractivity (Wildman–Crippen MR) is 88.6 cm³/mol. The van der Waals surface area contributed by atoms with Gasteiger partial charge in [0.2, 0.25) is 11.7 Å². The maximum absolute atomic E-state index is 12.9. The number of carbonyl (C=O) groups excluding carboxylic acids is 1. The van der Waals surface area contributed by atoms with Crippen LogP contribution in [0.5, 0.6) is 5.75 Å². The van der Waals surface area contributed by atoms with Crippen LogP contribution in [-0.2, 0) is 0 Å². The van der Waals surface area contributed by atoms with Gasteiger partial charge in [-0.25, -0.2) is 4.39 Å². The van der Waals surface area contributed by atoms with E-state index < -0.39 is 11.9 Å². The zero-order chi connectivity index (χ0) is 17.8. The van der Waals surface area contributed by atoms with Crippen LogP contribution in [0.4, 0.5) is 4.39 Å². The number of benzene rings is 2. The first-order chi connectivity index (χ1) is 12.1. The monoisotopic (exact) mass is 341 g/mol. The molecule has 1 heterocycles. The van der Waals surface area contributed by atoms with E-state index in [2.05, 4.69) is 15.5 Å². The zero-order valence-electron chi connectivity index (χ0n) is 13.7. The van der Waals surface area contributed by atoms with Crippen molar-refractivity contribution in [1.29, 1.82) is 0 Å². The first kappa shape index (κ1) is 16.6. The second kappa shape index (κ2) is 7.12. The van der Waals surface area contributed by atoms with E-state index in [4.69, 9.17) is 9.26 Å². The number of methoxy groups -OCH3 is 1. The number of hydrogen-bond donors (Lipinski definition) is 1. The van der Waals surface area contributed by atoms with Gasteiger partial charge in [0.05, 0.1) is 7.11 Å². The molecule has 7 heteroatoms. The molecule has 1 amide bonds. The minimum Gasteiger partial charge on any atom is -0.497 e. The topological polar surface area (TPSA) is 77.3 Å². The van der Waals surface area contributed by atoms with Crippen LogP contribution in [-0.4, -0.2) is 23.2 Å². The summed E-state index contributed by atoms with van der Waals surface area (Å²) in [6.45, 7) is 1.73. The lowest BCUT2D eigenvalue weighted by atomic mass is 10.2. The van der Waals surface area contributed by atoms with Gasteiger partial charge in [0.25, 0.3) is 5.91 Å². The molecule has 3 rings (SSSR count). The van der Waals surface area contributed by atoms with Gasteiger partial charge in [-0.3, -0.25) is 4.79 Å². The highest BCUT2D eigenvalue weighted by atomic mass is 19.1. The molecule has 0 aliphatic rings. The number of ether oxygens (including phenoxy) is 1. The molecule has 1 aromatic heterocycles. The van der Waals surface area contributed by atoms with Crippen LogP contribution in [0.15, 0.2) is 53.1 Å². The Balaban J connectivity index is 1.70. The third-order valence-electron chi connectivity index (χ3n) is 3.61. The van der Waals surface area contributed by atoms with E-state index in [9.17, 15) is 9.18 Å². The molecule has 0 bridgehead atoms. The minimum atomic E-state index is -0.489. The molecule has 128 valence electrons. The molecule has 2 aromatic carbocycles. The molecule has 0 unspecified atom stereocenters. The molecular weight excluding hydrogens is 325 g/mol. The molecule has 0 aliphatic heterocycles. The van der Waals surface area contributed by atoms with E-state index in [1.165, 1.54) is 24.3 Å². The Kier molecular flexibility index (Phi) is 4.74. The van der Waals surface area contributed by atoms with E-state index in [1.54, 1.807) is 26.2 Å². The van der Waals surface area contributed by atoms with Crippen molar-refractivity contribution >= 4 is 5.91 Å². The SMILES string of the molecule is COc1ccc(-c2noc([C@H](C)NC(=O)c3ccc(F)cc3)n2)cc1. The second-order valence-corrected chi connectivity index (χ2v) is 5.39. The average molecular weight is 341 g/mol. The van der Waals surface area contributed by atoms with Crippen LogP contribution >= 0.6 is 0 Å².